The average molecular weight is 310 g/mol. The molecule has 3 rings (SSSR count). The second-order valence-electron chi connectivity index (χ2n) is 6.15. The molecule has 0 saturated carbocycles. The Morgan fingerprint density at radius 1 is 1.17 bits per heavy atom. The van der Waals surface area contributed by atoms with Crippen LogP contribution < -0.4 is 5.32 Å². The van der Waals surface area contributed by atoms with Gasteiger partial charge >= 0.3 is 0 Å². The van der Waals surface area contributed by atoms with Crippen molar-refractivity contribution in [3.05, 3.63) is 60.2 Å². The SMILES string of the molecule is CC1CC(C(=O)N(Cc2ccncc2)Cc2cccnc2)CN1. The average Bonchev–Trinajstić information content (AvgIpc) is 3.02. The van der Waals surface area contributed by atoms with E-state index in [9.17, 15) is 4.79 Å². The van der Waals surface area contributed by atoms with Crippen LogP contribution in [-0.4, -0.2) is 33.4 Å². The molecule has 2 aromatic heterocycles. The molecule has 1 amide bonds. The number of nitrogens with zero attached hydrogens (tertiary/aromatic N) is 3. The van der Waals surface area contributed by atoms with Crippen LogP contribution in [0.3, 0.4) is 0 Å². The summed E-state index contributed by atoms with van der Waals surface area (Å²) < 4.78 is 0. The molecule has 0 radical (unpaired) electrons. The summed E-state index contributed by atoms with van der Waals surface area (Å²) in [6, 6.07) is 8.24. The molecule has 5 nitrogen and oxygen atoms in total. The fourth-order valence-electron chi connectivity index (χ4n) is 3.02. The topological polar surface area (TPSA) is 58.1 Å². The Labute approximate surface area is 136 Å². The van der Waals surface area contributed by atoms with Gasteiger partial charge in [0.05, 0.1) is 5.92 Å². The Hall–Kier alpha value is -2.27. The highest BCUT2D eigenvalue weighted by molar-refractivity contribution is 5.79. The maximum absolute atomic E-state index is 12.9. The van der Waals surface area contributed by atoms with Gasteiger partial charge in [0.25, 0.3) is 0 Å². The summed E-state index contributed by atoms with van der Waals surface area (Å²) in [4.78, 5) is 23.1. The van der Waals surface area contributed by atoms with Gasteiger partial charge in [-0.2, -0.15) is 0 Å². The summed E-state index contributed by atoms with van der Waals surface area (Å²) in [6.07, 6.45) is 8.00. The highest BCUT2D eigenvalue weighted by Crippen LogP contribution is 2.19. The maximum atomic E-state index is 12.9. The summed E-state index contributed by atoms with van der Waals surface area (Å²) in [5, 5.41) is 3.36. The van der Waals surface area contributed by atoms with Gasteiger partial charge in [-0.15, -0.1) is 0 Å². The number of rotatable bonds is 5. The second-order valence-corrected chi connectivity index (χ2v) is 6.15. The van der Waals surface area contributed by atoms with E-state index in [1.54, 1.807) is 18.6 Å². The largest absolute Gasteiger partial charge is 0.334 e. The van der Waals surface area contributed by atoms with E-state index in [1.807, 2.05) is 35.4 Å². The molecule has 2 unspecified atom stereocenters. The molecule has 0 aliphatic carbocycles. The van der Waals surface area contributed by atoms with Crippen molar-refractivity contribution in [3.63, 3.8) is 0 Å². The number of carbonyl (C=O) groups is 1. The van der Waals surface area contributed by atoms with Crippen molar-refractivity contribution in [2.24, 2.45) is 5.92 Å². The molecule has 3 heterocycles. The van der Waals surface area contributed by atoms with Crippen LogP contribution in [0.2, 0.25) is 0 Å². The number of aromatic nitrogens is 2. The lowest BCUT2D eigenvalue weighted by atomic mass is 10.0. The first kappa shape index (κ1) is 15.6. The van der Waals surface area contributed by atoms with Crippen molar-refractivity contribution in [1.82, 2.24) is 20.2 Å². The number of hydrogen-bond donors (Lipinski definition) is 1. The van der Waals surface area contributed by atoms with Gasteiger partial charge in [0, 0.05) is 50.5 Å². The maximum Gasteiger partial charge on any atom is 0.227 e. The van der Waals surface area contributed by atoms with Crippen LogP contribution in [0.4, 0.5) is 0 Å². The third-order valence-electron chi connectivity index (χ3n) is 4.23. The number of hydrogen-bond acceptors (Lipinski definition) is 4. The van der Waals surface area contributed by atoms with E-state index in [1.165, 1.54) is 0 Å². The molecule has 1 N–H and O–H groups in total. The number of carbonyl (C=O) groups excluding carboxylic acids is 1. The number of nitrogens with one attached hydrogen (secondary N) is 1. The van der Waals surface area contributed by atoms with Gasteiger partial charge in [0.15, 0.2) is 0 Å². The molecular weight excluding hydrogens is 288 g/mol. The van der Waals surface area contributed by atoms with Crippen LogP contribution in [-0.2, 0) is 17.9 Å². The molecule has 120 valence electrons. The van der Waals surface area contributed by atoms with Crippen LogP contribution in [0.5, 0.6) is 0 Å². The number of pyridine rings is 2. The van der Waals surface area contributed by atoms with E-state index >= 15 is 0 Å². The molecule has 2 atom stereocenters. The van der Waals surface area contributed by atoms with Gasteiger partial charge in [-0.3, -0.25) is 14.8 Å². The van der Waals surface area contributed by atoms with Crippen molar-refractivity contribution in [2.45, 2.75) is 32.5 Å². The first-order valence-corrected chi connectivity index (χ1v) is 8.02. The third kappa shape index (κ3) is 4.13. The smallest absolute Gasteiger partial charge is 0.227 e. The van der Waals surface area contributed by atoms with Gasteiger partial charge < -0.3 is 10.2 Å². The molecule has 5 heteroatoms. The molecular formula is C18H22N4O. The molecule has 1 saturated heterocycles. The van der Waals surface area contributed by atoms with E-state index in [0.717, 1.165) is 24.1 Å². The molecule has 1 aliphatic rings. The van der Waals surface area contributed by atoms with E-state index in [4.69, 9.17) is 0 Å². The highest BCUT2D eigenvalue weighted by atomic mass is 16.2. The van der Waals surface area contributed by atoms with E-state index in [0.29, 0.717) is 19.1 Å². The van der Waals surface area contributed by atoms with Crippen LogP contribution >= 0.6 is 0 Å². The Morgan fingerprint density at radius 3 is 2.61 bits per heavy atom. The number of amides is 1. The van der Waals surface area contributed by atoms with Crippen molar-refractivity contribution >= 4 is 5.91 Å². The Morgan fingerprint density at radius 2 is 1.96 bits per heavy atom. The van der Waals surface area contributed by atoms with Crippen LogP contribution in [0.25, 0.3) is 0 Å². The van der Waals surface area contributed by atoms with Crippen LogP contribution in [0, 0.1) is 5.92 Å². The van der Waals surface area contributed by atoms with Crippen LogP contribution in [0.1, 0.15) is 24.5 Å². The monoisotopic (exact) mass is 310 g/mol. The van der Waals surface area contributed by atoms with Gasteiger partial charge in [-0.1, -0.05) is 6.07 Å². The second kappa shape index (κ2) is 7.33. The highest BCUT2D eigenvalue weighted by Gasteiger charge is 2.30. The zero-order chi connectivity index (χ0) is 16.1. The Bertz CT molecular complexity index is 590. The van der Waals surface area contributed by atoms with Gasteiger partial charge in [0.1, 0.15) is 0 Å². The normalized spacial score (nSPS) is 20.4. The summed E-state index contributed by atoms with van der Waals surface area (Å²) in [7, 11) is 0. The minimum atomic E-state index is 0.0588. The Kier molecular flexibility index (Phi) is 4.98. The molecule has 0 aromatic carbocycles. The summed E-state index contributed by atoms with van der Waals surface area (Å²) in [6.45, 7) is 4.07. The molecule has 23 heavy (non-hydrogen) atoms. The summed E-state index contributed by atoms with van der Waals surface area (Å²) in [5.41, 5.74) is 2.14. The summed E-state index contributed by atoms with van der Waals surface area (Å²) >= 11 is 0. The lowest BCUT2D eigenvalue weighted by Crippen LogP contribution is -2.36. The van der Waals surface area contributed by atoms with E-state index in [2.05, 4.69) is 22.2 Å². The lowest BCUT2D eigenvalue weighted by molar-refractivity contribution is -0.136. The van der Waals surface area contributed by atoms with Crippen molar-refractivity contribution in [3.8, 4) is 0 Å². The van der Waals surface area contributed by atoms with Gasteiger partial charge in [-0.05, 0) is 42.7 Å². The van der Waals surface area contributed by atoms with Gasteiger partial charge in [-0.25, -0.2) is 0 Å². The third-order valence-corrected chi connectivity index (χ3v) is 4.23. The predicted molar refractivity (Wildman–Crippen MR) is 88.3 cm³/mol. The fourth-order valence-corrected chi connectivity index (χ4v) is 3.02. The van der Waals surface area contributed by atoms with E-state index < -0.39 is 0 Å². The minimum Gasteiger partial charge on any atom is -0.334 e. The standard InChI is InChI=1S/C18H22N4O/c1-14-9-17(11-21-14)18(23)22(12-15-4-7-19-8-5-15)13-16-3-2-6-20-10-16/h2-8,10,14,17,21H,9,11-13H2,1H3. The Balaban J connectivity index is 1.76. The lowest BCUT2D eigenvalue weighted by Gasteiger charge is -2.25. The molecule has 0 spiro atoms. The minimum absolute atomic E-state index is 0.0588. The van der Waals surface area contributed by atoms with Gasteiger partial charge in [0.2, 0.25) is 5.91 Å². The quantitative estimate of drug-likeness (QED) is 0.918. The molecule has 1 fully saturated rings. The van der Waals surface area contributed by atoms with Crippen LogP contribution in [0.15, 0.2) is 49.1 Å². The zero-order valence-corrected chi connectivity index (χ0v) is 13.4. The first-order valence-electron chi connectivity index (χ1n) is 8.02. The summed E-state index contributed by atoms with van der Waals surface area (Å²) in [5.74, 6) is 0.269. The zero-order valence-electron chi connectivity index (χ0n) is 13.4. The molecule has 1 aliphatic heterocycles. The van der Waals surface area contributed by atoms with Crippen molar-refractivity contribution in [2.75, 3.05) is 6.54 Å². The predicted octanol–water partition coefficient (Wildman–Crippen LogP) is 2.00. The van der Waals surface area contributed by atoms with Crippen molar-refractivity contribution in [1.29, 1.82) is 0 Å². The molecule has 2 aromatic rings. The molecule has 0 bridgehead atoms. The fraction of sp³-hybridized carbons (Fsp3) is 0.389. The van der Waals surface area contributed by atoms with E-state index in [-0.39, 0.29) is 11.8 Å². The first-order chi connectivity index (χ1) is 11.2. The van der Waals surface area contributed by atoms with Crippen molar-refractivity contribution < 1.29 is 4.79 Å².